The molecule has 2 aliphatic rings. The average Bonchev–Trinajstić information content (AvgIpc) is 3.61. The van der Waals surface area contributed by atoms with E-state index in [1.165, 1.54) is 17.0 Å². The van der Waals surface area contributed by atoms with Gasteiger partial charge in [0, 0.05) is 31.6 Å². The van der Waals surface area contributed by atoms with Crippen LogP contribution in [0.1, 0.15) is 57.8 Å². The number of carbonyl (C=O) groups excluding carboxylic acids is 3. The van der Waals surface area contributed by atoms with Crippen molar-refractivity contribution in [3.63, 3.8) is 0 Å². The van der Waals surface area contributed by atoms with Crippen molar-refractivity contribution in [1.82, 2.24) is 20.0 Å². The van der Waals surface area contributed by atoms with Gasteiger partial charge in [-0.05, 0) is 55.7 Å². The summed E-state index contributed by atoms with van der Waals surface area (Å²) < 4.78 is 13.7. The van der Waals surface area contributed by atoms with E-state index in [1.807, 2.05) is 56.4 Å². The van der Waals surface area contributed by atoms with E-state index in [9.17, 15) is 18.8 Å². The standard InChI is InChI=1S/C33H32FN5O3/c1-21(27-19-28(36-35-27)23-9-4-3-5-10-23)37(2)31(40)24-14-16-38(17-15-24)29-13-7-12-26-30(29)33(42)39(32(26)41)20-22-8-6-11-25(34)18-22/h3-13,18-19,21,24H,14-17,20H2,1-2H3,(H,35,36). The number of carbonyl (C=O) groups is 3. The number of hydrogen-bond donors (Lipinski definition) is 1. The summed E-state index contributed by atoms with van der Waals surface area (Å²) in [4.78, 5) is 45.1. The van der Waals surface area contributed by atoms with Crippen molar-refractivity contribution < 1.29 is 18.8 Å². The minimum atomic E-state index is -0.413. The first-order valence-corrected chi connectivity index (χ1v) is 14.2. The van der Waals surface area contributed by atoms with E-state index in [2.05, 4.69) is 15.1 Å². The molecule has 0 saturated carbocycles. The number of H-pyrrole nitrogens is 1. The molecule has 1 saturated heterocycles. The molecule has 3 heterocycles. The molecule has 1 fully saturated rings. The largest absolute Gasteiger partial charge is 0.371 e. The third kappa shape index (κ3) is 5.06. The number of aromatic nitrogens is 2. The normalized spacial score (nSPS) is 16.1. The lowest BCUT2D eigenvalue weighted by atomic mass is 9.93. The number of anilines is 1. The second kappa shape index (κ2) is 11.2. The van der Waals surface area contributed by atoms with Crippen LogP contribution in [0.3, 0.4) is 0 Å². The van der Waals surface area contributed by atoms with Crippen molar-refractivity contribution in [2.45, 2.75) is 32.4 Å². The Labute approximate surface area is 243 Å². The Morgan fingerprint density at radius 1 is 1.00 bits per heavy atom. The molecule has 8 nitrogen and oxygen atoms in total. The molecule has 0 spiro atoms. The zero-order chi connectivity index (χ0) is 29.4. The molecule has 1 N–H and O–H groups in total. The van der Waals surface area contributed by atoms with Gasteiger partial charge in [-0.25, -0.2) is 4.39 Å². The monoisotopic (exact) mass is 565 g/mol. The van der Waals surface area contributed by atoms with Crippen molar-refractivity contribution in [3.05, 3.63) is 107 Å². The molecule has 0 bridgehead atoms. The Kier molecular flexibility index (Phi) is 7.33. The van der Waals surface area contributed by atoms with E-state index < -0.39 is 5.82 Å². The molecule has 42 heavy (non-hydrogen) atoms. The fraction of sp³-hybridized carbons (Fsp3) is 0.273. The predicted octanol–water partition coefficient (Wildman–Crippen LogP) is 5.45. The molecule has 2 aliphatic heterocycles. The van der Waals surface area contributed by atoms with Crippen LogP contribution < -0.4 is 4.90 Å². The number of hydrogen-bond acceptors (Lipinski definition) is 5. The number of piperidine rings is 1. The topological polar surface area (TPSA) is 89.6 Å². The van der Waals surface area contributed by atoms with Crippen LogP contribution in [0, 0.1) is 11.7 Å². The van der Waals surface area contributed by atoms with E-state index in [0.717, 1.165) is 17.0 Å². The summed E-state index contributed by atoms with van der Waals surface area (Å²) in [6.07, 6.45) is 1.26. The van der Waals surface area contributed by atoms with Crippen molar-refractivity contribution in [2.75, 3.05) is 25.0 Å². The van der Waals surface area contributed by atoms with Crippen molar-refractivity contribution >= 4 is 23.4 Å². The maximum Gasteiger partial charge on any atom is 0.263 e. The van der Waals surface area contributed by atoms with Gasteiger partial charge in [0.15, 0.2) is 0 Å². The highest BCUT2D eigenvalue weighted by molar-refractivity contribution is 6.23. The summed E-state index contributed by atoms with van der Waals surface area (Å²) in [5.74, 6) is -1.25. The zero-order valence-corrected chi connectivity index (χ0v) is 23.6. The zero-order valence-electron chi connectivity index (χ0n) is 23.6. The predicted molar refractivity (Wildman–Crippen MR) is 157 cm³/mol. The molecule has 6 rings (SSSR count). The highest BCUT2D eigenvalue weighted by Crippen LogP contribution is 2.35. The van der Waals surface area contributed by atoms with Crippen molar-refractivity contribution in [2.24, 2.45) is 5.92 Å². The number of nitrogens with one attached hydrogen (secondary N) is 1. The first-order valence-electron chi connectivity index (χ1n) is 14.2. The van der Waals surface area contributed by atoms with Crippen LogP contribution >= 0.6 is 0 Å². The maximum atomic E-state index is 13.7. The van der Waals surface area contributed by atoms with Crippen molar-refractivity contribution in [3.8, 4) is 11.3 Å². The SMILES string of the molecule is CC(c1cc(-c2ccccc2)n[nH]1)N(C)C(=O)C1CCN(c2cccc3c2C(=O)N(Cc2cccc(F)c2)C3=O)CC1. The minimum absolute atomic E-state index is 0.00775. The molecular formula is C33H32FN5O3. The summed E-state index contributed by atoms with van der Waals surface area (Å²) in [7, 11) is 1.82. The van der Waals surface area contributed by atoms with E-state index in [4.69, 9.17) is 0 Å². The minimum Gasteiger partial charge on any atom is -0.371 e. The van der Waals surface area contributed by atoms with E-state index in [0.29, 0.717) is 48.3 Å². The Bertz CT molecular complexity index is 1640. The number of nitrogens with zero attached hydrogens (tertiary/aromatic N) is 4. The smallest absolute Gasteiger partial charge is 0.263 e. The summed E-state index contributed by atoms with van der Waals surface area (Å²) >= 11 is 0. The molecule has 3 aromatic carbocycles. The van der Waals surface area contributed by atoms with Crippen LogP contribution in [0.5, 0.6) is 0 Å². The summed E-state index contributed by atoms with van der Waals surface area (Å²) in [6.45, 7) is 3.17. The molecule has 4 aromatic rings. The summed E-state index contributed by atoms with van der Waals surface area (Å²) in [5.41, 5.74) is 4.70. The second-order valence-electron chi connectivity index (χ2n) is 11.0. The lowest BCUT2D eigenvalue weighted by Crippen LogP contribution is -2.42. The molecule has 1 unspecified atom stereocenters. The highest BCUT2D eigenvalue weighted by Gasteiger charge is 2.39. The third-order valence-corrected chi connectivity index (χ3v) is 8.44. The van der Waals surface area contributed by atoms with Gasteiger partial charge in [0.05, 0.1) is 40.8 Å². The Morgan fingerprint density at radius 2 is 1.74 bits per heavy atom. The van der Waals surface area contributed by atoms with Gasteiger partial charge >= 0.3 is 0 Å². The van der Waals surface area contributed by atoms with Gasteiger partial charge in [-0.15, -0.1) is 0 Å². The van der Waals surface area contributed by atoms with Crippen LogP contribution in [0.15, 0.2) is 78.9 Å². The molecule has 1 atom stereocenters. The van der Waals surface area contributed by atoms with Gasteiger partial charge < -0.3 is 9.80 Å². The third-order valence-electron chi connectivity index (χ3n) is 8.44. The Hall–Kier alpha value is -4.79. The fourth-order valence-corrected chi connectivity index (χ4v) is 5.90. The van der Waals surface area contributed by atoms with Gasteiger partial charge in [0.2, 0.25) is 5.91 Å². The van der Waals surface area contributed by atoms with Crippen LogP contribution in [-0.2, 0) is 11.3 Å². The lowest BCUT2D eigenvalue weighted by molar-refractivity contribution is -0.136. The summed E-state index contributed by atoms with van der Waals surface area (Å²) in [5, 5.41) is 7.53. The second-order valence-corrected chi connectivity index (χ2v) is 11.0. The van der Waals surface area contributed by atoms with Crippen LogP contribution in [0.2, 0.25) is 0 Å². The molecule has 0 aliphatic carbocycles. The number of rotatable bonds is 7. The number of aromatic amines is 1. The van der Waals surface area contributed by atoms with Gasteiger partial charge in [-0.1, -0.05) is 48.5 Å². The first kappa shape index (κ1) is 27.4. The quantitative estimate of drug-likeness (QED) is 0.301. The lowest BCUT2D eigenvalue weighted by Gasteiger charge is -2.36. The maximum absolute atomic E-state index is 13.7. The Morgan fingerprint density at radius 3 is 2.48 bits per heavy atom. The molecular weight excluding hydrogens is 533 g/mol. The van der Waals surface area contributed by atoms with Gasteiger partial charge in [0.1, 0.15) is 5.82 Å². The number of imide groups is 1. The molecule has 0 radical (unpaired) electrons. The van der Waals surface area contributed by atoms with Gasteiger partial charge in [-0.3, -0.25) is 24.4 Å². The number of amides is 3. The van der Waals surface area contributed by atoms with E-state index in [1.54, 1.807) is 29.2 Å². The highest BCUT2D eigenvalue weighted by atomic mass is 19.1. The van der Waals surface area contributed by atoms with Gasteiger partial charge in [-0.2, -0.15) is 5.10 Å². The molecule has 214 valence electrons. The van der Waals surface area contributed by atoms with E-state index >= 15 is 0 Å². The molecule has 1 aromatic heterocycles. The fourth-order valence-electron chi connectivity index (χ4n) is 5.90. The van der Waals surface area contributed by atoms with Crippen LogP contribution in [-0.4, -0.2) is 57.9 Å². The molecule has 9 heteroatoms. The van der Waals surface area contributed by atoms with Crippen LogP contribution in [0.25, 0.3) is 11.3 Å². The van der Waals surface area contributed by atoms with Crippen LogP contribution in [0.4, 0.5) is 10.1 Å². The molecule has 3 amide bonds. The Balaban J connectivity index is 1.11. The number of fused-ring (bicyclic) bond motifs is 1. The first-order chi connectivity index (χ1) is 20.3. The van der Waals surface area contributed by atoms with Gasteiger partial charge in [0.25, 0.3) is 11.8 Å². The number of benzene rings is 3. The average molecular weight is 566 g/mol. The number of halogens is 1. The van der Waals surface area contributed by atoms with Crippen molar-refractivity contribution in [1.29, 1.82) is 0 Å². The summed E-state index contributed by atoms with van der Waals surface area (Å²) in [6, 6.07) is 22.9. The van der Waals surface area contributed by atoms with E-state index in [-0.39, 0.29) is 36.2 Å².